The van der Waals surface area contributed by atoms with Crippen molar-refractivity contribution in [2.45, 2.75) is 29.5 Å². The summed E-state index contributed by atoms with van der Waals surface area (Å²) in [5.74, 6) is 0.733. The Morgan fingerprint density at radius 1 is 1.13 bits per heavy atom. The number of hydrogen-bond acceptors (Lipinski definition) is 5. The van der Waals surface area contributed by atoms with Gasteiger partial charge in [0.25, 0.3) is 0 Å². The van der Waals surface area contributed by atoms with E-state index in [9.17, 15) is 4.79 Å². The third-order valence-corrected chi connectivity index (χ3v) is 8.36. The number of alkyl halides is 2. The lowest BCUT2D eigenvalue weighted by molar-refractivity contribution is -0.133. The number of hydrogen-bond donors (Lipinski definition) is 0. The van der Waals surface area contributed by atoms with E-state index < -0.39 is 4.33 Å². The van der Waals surface area contributed by atoms with Crippen LogP contribution in [0.2, 0.25) is 10.0 Å². The number of halogens is 4. The van der Waals surface area contributed by atoms with Crippen molar-refractivity contribution in [3.8, 4) is 22.7 Å². The number of amides is 1. The molecule has 0 N–H and O–H groups in total. The molecule has 2 aromatic heterocycles. The van der Waals surface area contributed by atoms with Gasteiger partial charge in [-0.1, -0.05) is 34.4 Å². The number of aromatic nitrogens is 2. The van der Waals surface area contributed by atoms with Crippen LogP contribution in [0.3, 0.4) is 0 Å². The molecule has 1 unspecified atom stereocenters. The quantitative estimate of drug-likeness (QED) is 0.363. The minimum Gasteiger partial charge on any atom is -0.354 e. The van der Waals surface area contributed by atoms with E-state index >= 15 is 0 Å². The van der Waals surface area contributed by atoms with E-state index in [4.69, 9.17) is 55.9 Å². The van der Waals surface area contributed by atoms with E-state index in [2.05, 4.69) is 5.16 Å². The Bertz CT molecular complexity index is 1140. The highest BCUT2D eigenvalue weighted by Gasteiger charge is 2.57. The number of rotatable bonds is 4. The van der Waals surface area contributed by atoms with Crippen LogP contribution in [0.1, 0.15) is 30.2 Å². The Morgan fingerprint density at radius 3 is 2.55 bits per heavy atom. The molecule has 5 nitrogen and oxygen atoms in total. The smallest absolute Gasteiger partial charge is 0.228 e. The molecule has 1 aliphatic carbocycles. The average Bonchev–Trinajstić information content (AvgIpc) is 3.16. The lowest BCUT2D eigenvalue weighted by Gasteiger charge is -2.31. The Morgan fingerprint density at radius 2 is 1.87 bits per heavy atom. The summed E-state index contributed by atoms with van der Waals surface area (Å²) in [4.78, 5) is 19.1. The minimum atomic E-state index is -0.870. The predicted molar refractivity (Wildman–Crippen MR) is 124 cm³/mol. The molecule has 5 rings (SSSR count). The van der Waals surface area contributed by atoms with Gasteiger partial charge in [-0.15, -0.1) is 34.5 Å². The first kappa shape index (κ1) is 21.5. The molecule has 10 heteroatoms. The summed E-state index contributed by atoms with van der Waals surface area (Å²) in [6.07, 6.45) is 2.29. The molecule has 31 heavy (non-hydrogen) atoms. The molecule has 1 aliphatic heterocycles. The van der Waals surface area contributed by atoms with E-state index in [0.717, 1.165) is 29.1 Å². The van der Waals surface area contributed by atoms with Crippen molar-refractivity contribution in [2.24, 2.45) is 5.92 Å². The van der Waals surface area contributed by atoms with Gasteiger partial charge in [-0.2, -0.15) is 0 Å². The Hall–Kier alpha value is -1.31. The fraction of sp³-hybridized carbons (Fsp3) is 0.381. The molecule has 3 heterocycles. The van der Waals surface area contributed by atoms with Crippen LogP contribution in [0.4, 0.5) is 0 Å². The highest BCUT2D eigenvalue weighted by atomic mass is 35.5. The van der Waals surface area contributed by atoms with Crippen molar-refractivity contribution in [3.05, 3.63) is 44.7 Å². The fourth-order valence-electron chi connectivity index (χ4n) is 3.82. The van der Waals surface area contributed by atoms with Gasteiger partial charge in [0.1, 0.15) is 15.7 Å². The maximum absolute atomic E-state index is 12.5. The Kier molecular flexibility index (Phi) is 5.72. The van der Waals surface area contributed by atoms with Gasteiger partial charge in [0, 0.05) is 36.0 Å². The zero-order valence-corrected chi connectivity index (χ0v) is 20.0. The monoisotopic (exact) mass is 515 g/mol. The van der Waals surface area contributed by atoms with Crippen molar-refractivity contribution in [1.82, 2.24) is 15.0 Å². The Balaban J connectivity index is 1.24. The van der Waals surface area contributed by atoms with Crippen molar-refractivity contribution >= 4 is 63.6 Å². The number of piperidine rings is 1. The Labute approximate surface area is 203 Å². The molecule has 0 radical (unpaired) electrons. The molecule has 1 saturated carbocycles. The number of benzene rings is 1. The molecule has 1 saturated heterocycles. The predicted octanol–water partition coefficient (Wildman–Crippen LogP) is 6.67. The standard InChI is InChI=1S/C21H17Cl4N3O2S/c22-14-2-1-12(7-15(14)23)16-8-18(30-27-16)17-10-31-19(26-17)11-3-5-28(6-4-11)20(29)13-9-21(13,24)25/h1-2,7-8,10-11,13H,3-6,9H2. The zero-order chi connectivity index (χ0) is 21.8. The second-order valence-electron chi connectivity index (χ2n) is 7.89. The maximum atomic E-state index is 12.5. The maximum Gasteiger partial charge on any atom is 0.228 e. The summed E-state index contributed by atoms with van der Waals surface area (Å²) >= 11 is 25.8. The van der Waals surface area contributed by atoms with Crippen molar-refractivity contribution in [2.75, 3.05) is 13.1 Å². The lowest BCUT2D eigenvalue weighted by atomic mass is 9.97. The molecular formula is C21H17Cl4N3O2S. The van der Waals surface area contributed by atoms with E-state index in [1.165, 1.54) is 0 Å². The molecular weight excluding hydrogens is 500 g/mol. The molecule has 0 spiro atoms. The van der Waals surface area contributed by atoms with Crippen LogP contribution in [0.25, 0.3) is 22.7 Å². The second-order valence-corrected chi connectivity index (χ2v) is 11.1. The number of carbonyl (C=O) groups is 1. The minimum absolute atomic E-state index is 0.0692. The summed E-state index contributed by atoms with van der Waals surface area (Å²) in [6, 6.07) is 7.18. The van der Waals surface area contributed by atoms with Gasteiger partial charge in [0.05, 0.1) is 21.0 Å². The second kappa shape index (κ2) is 8.23. The first-order valence-electron chi connectivity index (χ1n) is 9.86. The lowest BCUT2D eigenvalue weighted by Crippen LogP contribution is -2.39. The van der Waals surface area contributed by atoms with Gasteiger partial charge in [0.15, 0.2) is 5.76 Å². The van der Waals surface area contributed by atoms with Crippen LogP contribution in [-0.4, -0.2) is 38.4 Å². The number of nitrogens with zero attached hydrogens (tertiary/aromatic N) is 3. The molecule has 0 bridgehead atoms. The van der Waals surface area contributed by atoms with E-state index in [1.807, 2.05) is 22.4 Å². The van der Waals surface area contributed by atoms with Crippen LogP contribution < -0.4 is 0 Å². The first-order chi connectivity index (χ1) is 14.8. The largest absolute Gasteiger partial charge is 0.354 e. The summed E-state index contributed by atoms with van der Waals surface area (Å²) < 4.78 is 4.65. The van der Waals surface area contributed by atoms with Crippen molar-refractivity contribution in [3.63, 3.8) is 0 Å². The normalized spacial score (nSPS) is 20.8. The molecule has 2 aliphatic rings. The molecule has 1 aromatic carbocycles. The summed E-state index contributed by atoms with van der Waals surface area (Å²) in [6.45, 7) is 1.39. The molecule has 2 fully saturated rings. The van der Waals surface area contributed by atoms with Crippen LogP contribution in [0.5, 0.6) is 0 Å². The van der Waals surface area contributed by atoms with Crippen LogP contribution in [-0.2, 0) is 4.79 Å². The van der Waals surface area contributed by atoms with Crippen molar-refractivity contribution < 1.29 is 9.32 Å². The highest BCUT2D eigenvalue weighted by Crippen LogP contribution is 2.54. The third kappa shape index (κ3) is 4.33. The molecule has 1 amide bonds. The first-order valence-corrected chi connectivity index (χ1v) is 12.3. The zero-order valence-electron chi connectivity index (χ0n) is 16.2. The van der Waals surface area contributed by atoms with Gasteiger partial charge in [-0.25, -0.2) is 4.98 Å². The number of thiazole rings is 1. The molecule has 1 atom stereocenters. The fourth-order valence-corrected chi connectivity index (χ4v) is 5.60. The summed E-state index contributed by atoms with van der Waals surface area (Å²) in [5, 5.41) is 8.12. The highest BCUT2D eigenvalue weighted by molar-refractivity contribution is 7.10. The number of likely N-dealkylation sites (tertiary alicyclic amines) is 1. The number of carbonyl (C=O) groups excluding carboxylic acids is 1. The molecule has 162 valence electrons. The van der Waals surface area contributed by atoms with Gasteiger partial charge in [-0.3, -0.25) is 4.79 Å². The van der Waals surface area contributed by atoms with Gasteiger partial charge < -0.3 is 9.42 Å². The van der Waals surface area contributed by atoms with Crippen LogP contribution in [0, 0.1) is 5.92 Å². The summed E-state index contributed by atoms with van der Waals surface area (Å²) in [5.41, 5.74) is 2.25. The third-order valence-electron chi connectivity index (χ3n) is 5.78. The van der Waals surface area contributed by atoms with Gasteiger partial charge in [-0.05, 0) is 31.4 Å². The van der Waals surface area contributed by atoms with Crippen LogP contribution >= 0.6 is 57.7 Å². The molecule has 3 aromatic rings. The average molecular weight is 517 g/mol. The summed E-state index contributed by atoms with van der Waals surface area (Å²) in [7, 11) is 0. The van der Waals surface area contributed by atoms with Crippen LogP contribution in [0.15, 0.2) is 34.2 Å². The topological polar surface area (TPSA) is 59.2 Å². The van der Waals surface area contributed by atoms with Crippen molar-refractivity contribution in [1.29, 1.82) is 0 Å². The van der Waals surface area contributed by atoms with E-state index in [-0.39, 0.29) is 11.8 Å². The van der Waals surface area contributed by atoms with Gasteiger partial charge in [0.2, 0.25) is 5.91 Å². The van der Waals surface area contributed by atoms with E-state index in [1.54, 1.807) is 23.5 Å². The van der Waals surface area contributed by atoms with Gasteiger partial charge >= 0.3 is 0 Å². The SMILES string of the molecule is O=C(C1CC1(Cl)Cl)N1CCC(c2nc(-c3cc(-c4ccc(Cl)c(Cl)c4)no3)cs2)CC1. The van der Waals surface area contributed by atoms with E-state index in [0.29, 0.717) is 46.9 Å².